The third-order valence-electron chi connectivity index (χ3n) is 5.37. The fourth-order valence-corrected chi connectivity index (χ4v) is 4.64. The van der Waals surface area contributed by atoms with Crippen molar-refractivity contribution in [3.8, 4) is 11.8 Å². The number of rotatable bonds is 4. The van der Waals surface area contributed by atoms with E-state index in [0.717, 1.165) is 23.6 Å². The third-order valence-corrected chi connectivity index (χ3v) is 6.75. The number of ether oxygens (including phenoxy) is 1. The number of anilines is 2. The van der Waals surface area contributed by atoms with Crippen LogP contribution in [0, 0.1) is 25.7 Å². The van der Waals surface area contributed by atoms with Crippen LogP contribution in [0.25, 0.3) is 0 Å². The maximum atomic E-state index is 12.7. The Morgan fingerprint density at radius 3 is 2.59 bits per heavy atom. The van der Waals surface area contributed by atoms with E-state index >= 15 is 0 Å². The summed E-state index contributed by atoms with van der Waals surface area (Å²) in [6.07, 6.45) is 3.17. The minimum atomic E-state index is -3.73. The molecule has 0 saturated carbocycles. The van der Waals surface area contributed by atoms with Crippen molar-refractivity contribution in [1.82, 2.24) is 15.0 Å². The molecule has 0 amide bonds. The van der Waals surface area contributed by atoms with Gasteiger partial charge in [-0.25, -0.2) is 18.4 Å². The largest absolute Gasteiger partial charge is 0.377 e. The van der Waals surface area contributed by atoms with Gasteiger partial charge >= 0.3 is 0 Å². The molecule has 178 valence electrons. The number of nitrogens with one attached hydrogen (secondary N) is 1. The van der Waals surface area contributed by atoms with E-state index in [1.807, 2.05) is 6.92 Å². The molecule has 1 atom stereocenters. The quantitative estimate of drug-likeness (QED) is 0.572. The summed E-state index contributed by atoms with van der Waals surface area (Å²) in [6, 6.07) is 10.1. The number of aryl methyl sites for hydroxylation is 2. The predicted octanol–water partition coefficient (Wildman–Crippen LogP) is 3.55. The first kappa shape index (κ1) is 25.1. The minimum Gasteiger partial charge on any atom is -0.377 e. The van der Waals surface area contributed by atoms with Crippen LogP contribution in [-0.4, -0.2) is 49.2 Å². The molecule has 0 radical (unpaired) electrons. The number of aromatic nitrogens is 3. The van der Waals surface area contributed by atoms with E-state index in [0.29, 0.717) is 30.2 Å². The zero-order chi connectivity index (χ0) is 23.4. The molecule has 1 aromatic carbocycles. The van der Waals surface area contributed by atoms with Gasteiger partial charge in [0.2, 0.25) is 0 Å². The van der Waals surface area contributed by atoms with Gasteiger partial charge in [0.25, 0.3) is 10.0 Å². The highest BCUT2D eigenvalue weighted by atomic mass is 32.2. The molecule has 3 heterocycles. The second-order valence-corrected chi connectivity index (χ2v) is 9.48. The molecular weight excluding hydrogens is 450 g/mol. The van der Waals surface area contributed by atoms with Gasteiger partial charge in [0.1, 0.15) is 12.1 Å². The average Bonchev–Trinajstić information content (AvgIpc) is 2.81. The molecule has 0 bridgehead atoms. The van der Waals surface area contributed by atoms with Crippen molar-refractivity contribution in [2.75, 3.05) is 29.4 Å². The van der Waals surface area contributed by atoms with Crippen LogP contribution in [0.4, 0.5) is 11.5 Å². The van der Waals surface area contributed by atoms with Crippen LogP contribution in [0.15, 0.2) is 53.8 Å². The zero-order valence-electron chi connectivity index (χ0n) is 18.7. The Bertz CT molecular complexity index is 1320. The summed E-state index contributed by atoms with van der Waals surface area (Å²) in [5.74, 6) is 7.06. The van der Waals surface area contributed by atoms with Crippen LogP contribution in [0.2, 0.25) is 0 Å². The van der Waals surface area contributed by atoms with Crippen molar-refractivity contribution in [2.24, 2.45) is 0 Å². The van der Waals surface area contributed by atoms with Gasteiger partial charge in [0, 0.05) is 18.3 Å². The average molecular weight is 480 g/mol. The van der Waals surface area contributed by atoms with E-state index in [-0.39, 0.29) is 18.4 Å². The van der Waals surface area contributed by atoms with Crippen LogP contribution >= 0.6 is 0 Å². The molecule has 1 N–H and O–H groups in total. The molecule has 1 aliphatic rings. The summed E-state index contributed by atoms with van der Waals surface area (Å²) < 4.78 is 33.6. The standard InChI is InChI=1S/C24H25N5O3S.CH4/c1-17-15-32-12-11-29(17)24-22(18(2)26-16-27-24)10-9-20-13-23(19(3)25-14-20)28-33(30,31)21-7-5-4-6-8-21;/h4-8,13-14,16-17,28H,11-12,15H2,1-3H3;1H4/t17-;/m1./s1. The van der Waals surface area contributed by atoms with Gasteiger partial charge in [0.15, 0.2) is 0 Å². The number of nitrogens with zero attached hydrogens (tertiary/aromatic N) is 4. The van der Waals surface area contributed by atoms with Gasteiger partial charge in [-0.3, -0.25) is 9.71 Å². The van der Waals surface area contributed by atoms with E-state index in [4.69, 9.17) is 4.74 Å². The van der Waals surface area contributed by atoms with Crippen LogP contribution in [0.5, 0.6) is 0 Å². The lowest BCUT2D eigenvalue weighted by molar-refractivity contribution is 0.0985. The first-order chi connectivity index (χ1) is 15.8. The number of sulfonamides is 1. The van der Waals surface area contributed by atoms with Crippen molar-refractivity contribution in [1.29, 1.82) is 0 Å². The summed E-state index contributed by atoms with van der Waals surface area (Å²) in [7, 11) is -3.73. The van der Waals surface area contributed by atoms with Gasteiger partial charge in [-0.1, -0.05) is 37.5 Å². The molecule has 4 rings (SSSR count). The first-order valence-electron chi connectivity index (χ1n) is 10.6. The highest BCUT2D eigenvalue weighted by Gasteiger charge is 2.23. The van der Waals surface area contributed by atoms with Crippen molar-refractivity contribution < 1.29 is 13.2 Å². The molecule has 1 saturated heterocycles. The van der Waals surface area contributed by atoms with Gasteiger partial charge in [0.05, 0.1) is 46.8 Å². The zero-order valence-corrected chi connectivity index (χ0v) is 19.6. The number of pyridine rings is 1. The highest BCUT2D eigenvalue weighted by molar-refractivity contribution is 7.92. The van der Waals surface area contributed by atoms with Gasteiger partial charge in [-0.15, -0.1) is 0 Å². The predicted molar refractivity (Wildman–Crippen MR) is 133 cm³/mol. The number of hydrogen-bond acceptors (Lipinski definition) is 7. The number of hydrogen-bond donors (Lipinski definition) is 1. The smallest absolute Gasteiger partial charge is 0.261 e. The van der Waals surface area contributed by atoms with Crippen molar-refractivity contribution in [3.63, 3.8) is 0 Å². The summed E-state index contributed by atoms with van der Waals surface area (Å²) in [5.41, 5.74) is 3.03. The maximum absolute atomic E-state index is 12.7. The molecule has 0 unspecified atom stereocenters. The second-order valence-electron chi connectivity index (χ2n) is 7.80. The Morgan fingerprint density at radius 2 is 1.85 bits per heavy atom. The molecule has 34 heavy (non-hydrogen) atoms. The minimum absolute atomic E-state index is 0. The van der Waals surface area contributed by atoms with E-state index in [9.17, 15) is 8.42 Å². The first-order valence-corrected chi connectivity index (χ1v) is 12.1. The lowest BCUT2D eigenvalue weighted by Gasteiger charge is -2.34. The lowest BCUT2D eigenvalue weighted by Crippen LogP contribution is -2.44. The fourth-order valence-electron chi connectivity index (χ4n) is 3.51. The highest BCUT2D eigenvalue weighted by Crippen LogP contribution is 2.23. The molecule has 3 aromatic rings. The molecule has 1 aliphatic heterocycles. The fraction of sp³-hybridized carbons (Fsp3) is 0.320. The summed E-state index contributed by atoms with van der Waals surface area (Å²) in [5, 5.41) is 0. The Hall–Kier alpha value is -3.48. The Labute approximate surface area is 201 Å². The van der Waals surface area contributed by atoms with Gasteiger partial charge in [-0.2, -0.15) is 0 Å². The van der Waals surface area contributed by atoms with Crippen molar-refractivity contribution in [2.45, 2.75) is 39.1 Å². The van der Waals surface area contributed by atoms with Crippen LogP contribution in [0.3, 0.4) is 0 Å². The lowest BCUT2D eigenvalue weighted by atomic mass is 10.1. The Morgan fingerprint density at radius 1 is 1.09 bits per heavy atom. The Kier molecular flexibility index (Phi) is 7.87. The monoisotopic (exact) mass is 479 g/mol. The summed E-state index contributed by atoms with van der Waals surface area (Å²) >= 11 is 0. The van der Waals surface area contributed by atoms with Crippen LogP contribution < -0.4 is 9.62 Å². The summed E-state index contributed by atoms with van der Waals surface area (Å²) in [4.78, 5) is 15.5. The van der Waals surface area contributed by atoms with Crippen LogP contribution in [0.1, 0.15) is 36.9 Å². The van der Waals surface area contributed by atoms with Gasteiger partial charge in [-0.05, 0) is 39.0 Å². The normalized spacial score (nSPS) is 15.6. The number of benzene rings is 1. The second kappa shape index (κ2) is 10.6. The number of morpholine rings is 1. The molecular formula is C25H29N5O3S. The third kappa shape index (κ3) is 5.53. The van der Waals surface area contributed by atoms with E-state index in [2.05, 4.69) is 43.3 Å². The van der Waals surface area contributed by atoms with E-state index in [1.54, 1.807) is 55.8 Å². The molecule has 9 heteroatoms. The molecule has 2 aromatic heterocycles. The van der Waals surface area contributed by atoms with Crippen LogP contribution in [-0.2, 0) is 14.8 Å². The van der Waals surface area contributed by atoms with E-state index in [1.165, 1.54) is 0 Å². The van der Waals surface area contributed by atoms with E-state index < -0.39 is 10.0 Å². The van der Waals surface area contributed by atoms with Gasteiger partial charge < -0.3 is 9.64 Å². The molecule has 8 nitrogen and oxygen atoms in total. The Balaban J connectivity index is 0.00000324. The molecule has 1 fully saturated rings. The molecule has 0 aliphatic carbocycles. The summed E-state index contributed by atoms with van der Waals surface area (Å²) in [6.45, 7) is 7.71. The molecule has 0 spiro atoms. The maximum Gasteiger partial charge on any atom is 0.261 e. The van der Waals surface area contributed by atoms with Crippen molar-refractivity contribution >= 4 is 21.5 Å². The van der Waals surface area contributed by atoms with Crippen molar-refractivity contribution in [3.05, 3.63) is 71.4 Å². The topological polar surface area (TPSA) is 97.3 Å². The SMILES string of the molecule is C.Cc1ncc(C#Cc2c(C)ncnc2N2CCOC[C@H]2C)cc1NS(=O)(=O)c1ccccc1.